The lowest BCUT2D eigenvalue weighted by atomic mass is 9.99. The third kappa shape index (κ3) is 4.94. The molecule has 2 N–H and O–H groups in total. The van der Waals surface area contributed by atoms with Gasteiger partial charge in [-0.1, -0.05) is 17.7 Å². The molecule has 0 radical (unpaired) electrons. The van der Waals surface area contributed by atoms with Crippen LogP contribution in [0.15, 0.2) is 24.3 Å². The summed E-state index contributed by atoms with van der Waals surface area (Å²) in [6.07, 6.45) is 0.715. The van der Waals surface area contributed by atoms with E-state index in [1.165, 1.54) is 0 Å². The topological polar surface area (TPSA) is 41.5 Å². The van der Waals surface area contributed by atoms with E-state index in [-0.39, 0.29) is 18.2 Å². The lowest BCUT2D eigenvalue weighted by molar-refractivity contribution is 0.00748. The standard InChI is InChI=1S/C13H20ClNO2/c1-13(2,17-3)8-12(9-16)15-11-6-4-5-10(14)7-11/h4-7,12,15-16H,8-9H2,1-3H3. The number of rotatable bonds is 6. The molecule has 1 unspecified atom stereocenters. The van der Waals surface area contributed by atoms with Gasteiger partial charge in [0.15, 0.2) is 0 Å². The number of aliphatic hydroxyl groups is 1. The largest absolute Gasteiger partial charge is 0.394 e. The summed E-state index contributed by atoms with van der Waals surface area (Å²) in [5, 5.41) is 13.3. The smallest absolute Gasteiger partial charge is 0.0643 e. The maximum absolute atomic E-state index is 9.36. The Hall–Kier alpha value is -0.770. The van der Waals surface area contributed by atoms with E-state index >= 15 is 0 Å². The lowest BCUT2D eigenvalue weighted by Crippen LogP contribution is -2.35. The summed E-state index contributed by atoms with van der Waals surface area (Å²) in [4.78, 5) is 0. The molecule has 1 aromatic carbocycles. The molecular formula is C13H20ClNO2. The maximum atomic E-state index is 9.36. The molecule has 0 saturated carbocycles. The number of hydrogen-bond donors (Lipinski definition) is 2. The van der Waals surface area contributed by atoms with E-state index in [9.17, 15) is 5.11 Å². The van der Waals surface area contributed by atoms with Gasteiger partial charge < -0.3 is 15.2 Å². The van der Waals surface area contributed by atoms with E-state index in [1.807, 2.05) is 38.1 Å². The minimum Gasteiger partial charge on any atom is -0.394 e. The summed E-state index contributed by atoms with van der Waals surface area (Å²) < 4.78 is 5.35. The Bertz CT molecular complexity index is 355. The molecule has 17 heavy (non-hydrogen) atoms. The number of hydrogen-bond acceptors (Lipinski definition) is 3. The van der Waals surface area contributed by atoms with Crippen LogP contribution in [0.2, 0.25) is 5.02 Å². The second-order valence-corrected chi connectivity index (χ2v) is 5.14. The molecule has 0 aliphatic carbocycles. The number of aliphatic hydroxyl groups excluding tert-OH is 1. The monoisotopic (exact) mass is 257 g/mol. The van der Waals surface area contributed by atoms with Crippen LogP contribution in [0.5, 0.6) is 0 Å². The molecule has 0 spiro atoms. The Morgan fingerprint density at radius 3 is 2.71 bits per heavy atom. The average Bonchev–Trinajstić information content (AvgIpc) is 2.28. The van der Waals surface area contributed by atoms with Gasteiger partial charge in [-0.3, -0.25) is 0 Å². The summed E-state index contributed by atoms with van der Waals surface area (Å²) in [7, 11) is 1.67. The van der Waals surface area contributed by atoms with E-state index in [0.29, 0.717) is 11.4 Å². The van der Waals surface area contributed by atoms with Gasteiger partial charge in [0.25, 0.3) is 0 Å². The molecule has 3 nitrogen and oxygen atoms in total. The van der Waals surface area contributed by atoms with Crippen LogP contribution in [-0.4, -0.2) is 30.5 Å². The SMILES string of the molecule is COC(C)(C)CC(CO)Nc1cccc(Cl)c1. The molecule has 0 amide bonds. The maximum Gasteiger partial charge on any atom is 0.0643 e. The summed E-state index contributed by atoms with van der Waals surface area (Å²) in [5.74, 6) is 0. The molecule has 0 aliphatic rings. The van der Waals surface area contributed by atoms with Crippen LogP contribution in [0, 0.1) is 0 Å². The van der Waals surface area contributed by atoms with Crippen LogP contribution in [-0.2, 0) is 4.74 Å². The molecule has 1 atom stereocenters. The van der Waals surface area contributed by atoms with E-state index in [4.69, 9.17) is 16.3 Å². The van der Waals surface area contributed by atoms with E-state index in [1.54, 1.807) is 7.11 Å². The third-order valence-electron chi connectivity index (χ3n) is 2.71. The highest BCUT2D eigenvalue weighted by Crippen LogP contribution is 2.20. The van der Waals surface area contributed by atoms with E-state index in [2.05, 4.69) is 5.32 Å². The summed E-state index contributed by atoms with van der Waals surface area (Å²) in [6, 6.07) is 7.40. The van der Waals surface area contributed by atoms with Gasteiger partial charge in [-0.05, 0) is 38.5 Å². The Morgan fingerprint density at radius 1 is 1.47 bits per heavy atom. The fraction of sp³-hybridized carbons (Fsp3) is 0.538. The van der Waals surface area contributed by atoms with Gasteiger partial charge >= 0.3 is 0 Å². The van der Waals surface area contributed by atoms with Gasteiger partial charge in [-0.25, -0.2) is 0 Å². The van der Waals surface area contributed by atoms with Gasteiger partial charge in [-0.2, -0.15) is 0 Å². The molecule has 0 fully saturated rings. The molecule has 1 aromatic rings. The molecule has 4 heteroatoms. The van der Waals surface area contributed by atoms with Crippen molar-refractivity contribution in [1.29, 1.82) is 0 Å². The molecule has 0 heterocycles. The average molecular weight is 258 g/mol. The minimum absolute atomic E-state index is 0.0524. The fourth-order valence-electron chi connectivity index (χ4n) is 1.65. The van der Waals surface area contributed by atoms with Crippen LogP contribution in [0.1, 0.15) is 20.3 Å². The molecule has 0 bridgehead atoms. The lowest BCUT2D eigenvalue weighted by Gasteiger charge is -2.28. The van der Waals surface area contributed by atoms with Crippen molar-refractivity contribution >= 4 is 17.3 Å². The molecule has 0 aromatic heterocycles. The number of halogens is 1. The number of nitrogens with one attached hydrogen (secondary N) is 1. The van der Waals surface area contributed by atoms with Gasteiger partial charge in [0.05, 0.1) is 18.2 Å². The molecule has 0 aliphatic heterocycles. The minimum atomic E-state index is -0.265. The third-order valence-corrected chi connectivity index (χ3v) is 2.94. The zero-order valence-corrected chi connectivity index (χ0v) is 11.3. The summed E-state index contributed by atoms with van der Waals surface area (Å²) in [5.41, 5.74) is 0.641. The van der Waals surface area contributed by atoms with E-state index in [0.717, 1.165) is 5.69 Å². The van der Waals surface area contributed by atoms with Crippen molar-refractivity contribution < 1.29 is 9.84 Å². The van der Waals surface area contributed by atoms with Crippen molar-refractivity contribution in [3.8, 4) is 0 Å². The first-order valence-electron chi connectivity index (χ1n) is 5.65. The van der Waals surface area contributed by atoms with Crippen LogP contribution < -0.4 is 5.32 Å². The molecule has 0 saturated heterocycles. The highest BCUT2D eigenvalue weighted by molar-refractivity contribution is 6.30. The van der Waals surface area contributed by atoms with Gasteiger partial charge in [0.2, 0.25) is 0 Å². The number of anilines is 1. The second-order valence-electron chi connectivity index (χ2n) is 4.70. The Balaban J connectivity index is 2.64. The van der Waals surface area contributed by atoms with Gasteiger partial charge in [-0.15, -0.1) is 0 Å². The molecule has 1 rings (SSSR count). The van der Waals surface area contributed by atoms with Crippen LogP contribution in [0.4, 0.5) is 5.69 Å². The predicted octanol–water partition coefficient (Wildman–Crippen LogP) is 2.93. The quantitative estimate of drug-likeness (QED) is 0.823. The number of methoxy groups -OCH3 is 1. The van der Waals surface area contributed by atoms with Crippen LogP contribution in [0.3, 0.4) is 0 Å². The van der Waals surface area contributed by atoms with Crippen LogP contribution >= 0.6 is 11.6 Å². The Morgan fingerprint density at radius 2 is 2.18 bits per heavy atom. The summed E-state index contributed by atoms with van der Waals surface area (Å²) >= 11 is 5.90. The first kappa shape index (κ1) is 14.3. The fourth-order valence-corrected chi connectivity index (χ4v) is 1.84. The second kappa shape index (κ2) is 6.24. The first-order chi connectivity index (χ1) is 7.96. The highest BCUT2D eigenvalue weighted by Gasteiger charge is 2.22. The van der Waals surface area contributed by atoms with Crippen molar-refractivity contribution in [1.82, 2.24) is 0 Å². The Kier molecular flexibility index (Phi) is 5.25. The van der Waals surface area contributed by atoms with Gasteiger partial charge in [0, 0.05) is 17.8 Å². The zero-order valence-electron chi connectivity index (χ0n) is 10.5. The molecule has 96 valence electrons. The van der Waals surface area contributed by atoms with Gasteiger partial charge in [0.1, 0.15) is 0 Å². The predicted molar refractivity (Wildman–Crippen MR) is 71.7 cm³/mol. The number of benzene rings is 1. The van der Waals surface area contributed by atoms with Crippen LogP contribution in [0.25, 0.3) is 0 Å². The summed E-state index contributed by atoms with van der Waals surface area (Å²) in [6.45, 7) is 4.05. The van der Waals surface area contributed by atoms with E-state index < -0.39 is 0 Å². The van der Waals surface area contributed by atoms with Crippen molar-refractivity contribution in [2.75, 3.05) is 19.0 Å². The van der Waals surface area contributed by atoms with Crippen molar-refractivity contribution in [2.45, 2.75) is 31.9 Å². The molecular weight excluding hydrogens is 238 g/mol. The normalized spacial score (nSPS) is 13.5. The number of ether oxygens (including phenoxy) is 1. The highest BCUT2D eigenvalue weighted by atomic mass is 35.5. The van der Waals surface area contributed by atoms with Crippen molar-refractivity contribution in [2.24, 2.45) is 0 Å². The van der Waals surface area contributed by atoms with Crippen molar-refractivity contribution in [3.63, 3.8) is 0 Å². The first-order valence-corrected chi connectivity index (χ1v) is 6.03. The Labute approximate surface area is 108 Å². The van der Waals surface area contributed by atoms with Crippen molar-refractivity contribution in [3.05, 3.63) is 29.3 Å². The zero-order chi connectivity index (χ0) is 12.9.